The molecule has 1 aromatic heterocycles. The van der Waals surface area contributed by atoms with E-state index < -0.39 is 17.8 Å². The van der Waals surface area contributed by atoms with Gasteiger partial charge in [-0.3, -0.25) is 4.79 Å². The summed E-state index contributed by atoms with van der Waals surface area (Å²) in [7, 11) is 3.79. The largest absolute Gasteiger partial charge is 0.391 e. The number of nitrogens with zero attached hydrogens (tertiary/aromatic N) is 3. The summed E-state index contributed by atoms with van der Waals surface area (Å²) >= 11 is 0. The average Bonchev–Trinajstić information content (AvgIpc) is 2.71. The van der Waals surface area contributed by atoms with Crippen molar-refractivity contribution < 1.29 is 14.3 Å². The number of halogens is 1. The van der Waals surface area contributed by atoms with E-state index in [0.717, 1.165) is 12.3 Å². The predicted molar refractivity (Wildman–Crippen MR) is 72.6 cm³/mol. The topological polar surface area (TPSA) is 82.7 Å². The Morgan fingerprint density at radius 3 is 3.00 bits per heavy atom. The van der Waals surface area contributed by atoms with Crippen molar-refractivity contribution >= 4 is 11.7 Å². The maximum atomic E-state index is 13.2. The lowest BCUT2D eigenvalue weighted by molar-refractivity contribution is 0.0699. The van der Waals surface area contributed by atoms with E-state index in [0.29, 0.717) is 13.0 Å². The number of likely N-dealkylation sites (tertiary alicyclic amines) is 1. The number of nitrogens with two attached hydrogens (primary N) is 1. The van der Waals surface area contributed by atoms with E-state index >= 15 is 0 Å². The third kappa shape index (κ3) is 3.05. The summed E-state index contributed by atoms with van der Waals surface area (Å²) in [6.45, 7) is 0.860. The molecule has 110 valence electrons. The minimum absolute atomic E-state index is 0.00129. The molecule has 1 aliphatic rings. The molecule has 1 fully saturated rings. The molecule has 1 aliphatic heterocycles. The molecule has 0 aliphatic carbocycles. The van der Waals surface area contributed by atoms with Crippen LogP contribution < -0.4 is 5.73 Å². The van der Waals surface area contributed by atoms with Crippen LogP contribution in [-0.2, 0) is 0 Å². The number of pyridine rings is 1. The van der Waals surface area contributed by atoms with Crippen molar-refractivity contribution in [2.75, 3.05) is 32.9 Å². The smallest absolute Gasteiger partial charge is 0.258 e. The van der Waals surface area contributed by atoms with Crippen LogP contribution in [-0.4, -0.2) is 65.1 Å². The number of aliphatic hydroxyl groups is 1. The summed E-state index contributed by atoms with van der Waals surface area (Å²) in [6, 6.07) is 0.970. The van der Waals surface area contributed by atoms with Crippen molar-refractivity contribution in [1.29, 1.82) is 0 Å². The van der Waals surface area contributed by atoms with Gasteiger partial charge in [0.1, 0.15) is 11.6 Å². The van der Waals surface area contributed by atoms with Crippen LogP contribution in [0.4, 0.5) is 10.2 Å². The van der Waals surface area contributed by atoms with E-state index in [2.05, 4.69) is 4.98 Å². The summed E-state index contributed by atoms with van der Waals surface area (Å²) in [5.74, 6) is -0.995. The monoisotopic (exact) mass is 282 g/mol. The Hall–Kier alpha value is -1.73. The summed E-state index contributed by atoms with van der Waals surface area (Å²) < 4.78 is 13.2. The van der Waals surface area contributed by atoms with Crippen molar-refractivity contribution in [3.8, 4) is 0 Å². The zero-order chi connectivity index (χ0) is 14.9. The summed E-state index contributed by atoms with van der Waals surface area (Å²) in [5, 5.41) is 9.77. The number of rotatable bonds is 3. The van der Waals surface area contributed by atoms with Gasteiger partial charge in [0.25, 0.3) is 5.91 Å². The van der Waals surface area contributed by atoms with Crippen molar-refractivity contribution in [1.82, 2.24) is 14.8 Å². The van der Waals surface area contributed by atoms with Crippen LogP contribution in [0.25, 0.3) is 0 Å². The number of nitrogen functional groups attached to an aromatic ring is 1. The van der Waals surface area contributed by atoms with Gasteiger partial charge in [-0.15, -0.1) is 0 Å². The second-order valence-corrected chi connectivity index (χ2v) is 5.35. The first-order chi connectivity index (χ1) is 9.38. The molecule has 0 saturated carbocycles. The molecule has 7 heteroatoms. The first kappa shape index (κ1) is 14.7. The Morgan fingerprint density at radius 2 is 2.35 bits per heavy atom. The number of carbonyl (C=O) groups excluding carboxylic acids is 1. The highest BCUT2D eigenvalue weighted by Crippen LogP contribution is 2.23. The first-order valence-electron chi connectivity index (χ1n) is 6.43. The molecule has 1 saturated heterocycles. The molecule has 1 aromatic rings. The van der Waals surface area contributed by atoms with Crippen LogP contribution in [0.3, 0.4) is 0 Å². The molecule has 2 rings (SSSR count). The maximum Gasteiger partial charge on any atom is 0.258 e. The van der Waals surface area contributed by atoms with Crippen LogP contribution in [0, 0.1) is 5.82 Å². The van der Waals surface area contributed by atoms with E-state index in [1.165, 1.54) is 4.90 Å². The average molecular weight is 282 g/mol. The Labute approximate surface area is 117 Å². The number of aliphatic hydroxyl groups excluding tert-OH is 1. The highest BCUT2D eigenvalue weighted by molar-refractivity contribution is 5.98. The highest BCUT2D eigenvalue weighted by Gasteiger charge is 2.35. The maximum absolute atomic E-state index is 13.2. The van der Waals surface area contributed by atoms with Gasteiger partial charge in [-0.05, 0) is 26.6 Å². The fourth-order valence-electron chi connectivity index (χ4n) is 2.51. The van der Waals surface area contributed by atoms with Gasteiger partial charge in [-0.1, -0.05) is 0 Å². The van der Waals surface area contributed by atoms with Gasteiger partial charge in [0.2, 0.25) is 0 Å². The molecule has 1 amide bonds. The second-order valence-electron chi connectivity index (χ2n) is 5.35. The van der Waals surface area contributed by atoms with Crippen LogP contribution in [0.1, 0.15) is 16.8 Å². The van der Waals surface area contributed by atoms with Gasteiger partial charge >= 0.3 is 0 Å². The molecule has 20 heavy (non-hydrogen) atoms. The normalized spacial score (nSPS) is 22.6. The number of amides is 1. The third-order valence-electron chi connectivity index (χ3n) is 3.34. The fourth-order valence-corrected chi connectivity index (χ4v) is 2.51. The lowest BCUT2D eigenvalue weighted by Crippen LogP contribution is -2.41. The number of hydrogen-bond donors (Lipinski definition) is 2. The standard InChI is InChI=1S/C13H19FN4O2/c1-17(2)6-9-4-10(19)7-18(9)13(20)11-3-8(14)5-16-12(11)15/h3,5,9-10,19H,4,6-7H2,1-2H3,(H2,15,16). The van der Waals surface area contributed by atoms with E-state index in [-0.39, 0.29) is 24.0 Å². The lowest BCUT2D eigenvalue weighted by atomic mass is 10.1. The summed E-state index contributed by atoms with van der Waals surface area (Å²) in [4.78, 5) is 19.6. The zero-order valence-electron chi connectivity index (χ0n) is 11.6. The number of β-amino-alcohol motifs (C(OH)–C–C–N with tert-alkyl or cyclic N) is 1. The zero-order valence-corrected chi connectivity index (χ0v) is 11.6. The van der Waals surface area contributed by atoms with E-state index in [1.807, 2.05) is 19.0 Å². The molecule has 0 aromatic carbocycles. The molecule has 2 heterocycles. The first-order valence-corrected chi connectivity index (χ1v) is 6.43. The molecular weight excluding hydrogens is 263 g/mol. The minimum atomic E-state index is -0.605. The van der Waals surface area contributed by atoms with Crippen LogP contribution >= 0.6 is 0 Å². The predicted octanol–water partition coefficient (Wildman–Crippen LogP) is -0.0601. The SMILES string of the molecule is CN(C)CC1CC(O)CN1C(=O)c1cc(F)cnc1N. The highest BCUT2D eigenvalue weighted by atomic mass is 19.1. The number of anilines is 1. The van der Waals surface area contributed by atoms with Crippen LogP contribution in [0.15, 0.2) is 12.3 Å². The van der Waals surface area contributed by atoms with Gasteiger partial charge in [0.15, 0.2) is 0 Å². The van der Waals surface area contributed by atoms with Gasteiger partial charge in [0, 0.05) is 19.1 Å². The number of carbonyl (C=O) groups is 1. The Balaban J connectivity index is 2.24. The van der Waals surface area contributed by atoms with E-state index in [9.17, 15) is 14.3 Å². The van der Waals surface area contributed by atoms with E-state index in [1.54, 1.807) is 0 Å². The van der Waals surface area contributed by atoms with Crippen molar-refractivity contribution in [2.24, 2.45) is 0 Å². The molecule has 0 radical (unpaired) electrons. The summed E-state index contributed by atoms with van der Waals surface area (Å²) in [6.07, 6.45) is 0.918. The van der Waals surface area contributed by atoms with E-state index in [4.69, 9.17) is 5.73 Å². The fraction of sp³-hybridized carbons (Fsp3) is 0.538. The molecule has 2 atom stereocenters. The van der Waals surface area contributed by atoms with Gasteiger partial charge in [-0.25, -0.2) is 9.37 Å². The number of likely N-dealkylation sites (N-methyl/N-ethyl adjacent to an activating group) is 1. The molecule has 2 unspecified atom stereocenters. The van der Waals surface area contributed by atoms with Gasteiger partial charge in [0.05, 0.1) is 17.9 Å². The van der Waals surface area contributed by atoms with Crippen molar-refractivity contribution in [3.05, 3.63) is 23.6 Å². The molecular formula is C13H19FN4O2. The van der Waals surface area contributed by atoms with Crippen molar-refractivity contribution in [3.63, 3.8) is 0 Å². The Bertz CT molecular complexity index is 509. The second kappa shape index (κ2) is 5.72. The molecule has 0 spiro atoms. The summed E-state index contributed by atoms with van der Waals surface area (Å²) in [5.41, 5.74) is 5.69. The minimum Gasteiger partial charge on any atom is -0.391 e. The molecule has 3 N–H and O–H groups in total. The molecule has 6 nitrogen and oxygen atoms in total. The van der Waals surface area contributed by atoms with Crippen LogP contribution in [0.5, 0.6) is 0 Å². The third-order valence-corrected chi connectivity index (χ3v) is 3.34. The van der Waals surface area contributed by atoms with Gasteiger partial charge in [-0.2, -0.15) is 0 Å². The quantitative estimate of drug-likeness (QED) is 0.811. The Kier molecular flexibility index (Phi) is 4.20. The number of hydrogen-bond acceptors (Lipinski definition) is 5. The number of aromatic nitrogens is 1. The molecule has 0 bridgehead atoms. The van der Waals surface area contributed by atoms with Gasteiger partial charge < -0.3 is 20.6 Å². The van der Waals surface area contributed by atoms with Crippen LogP contribution in [0.2, 0.25) is 0 Å². The lowest BCUT2D eigenvalue weighted by Gasteiger charge is -2.27. The van der Waals surface area contributed by atoms with Crippen molar-refractivity contribution in [2.45, 2.75) is 18.6 Å². The Morgan fingerprint density at radius 1 is 1.65 bits per heavy atom.